The minimum atomic E-state index is -0.920. The molecule has 16 heavy (non-hydrogen) atoms. The maximum Gasteiger partial charge on any atom is 0.407 e. The molecule has 1 heterocycles. The van der Waals surface area contributed by atoms with Crippen LogP contribution >= 0.6 is 0 Å². The first-order valence-corrected chi connectivity index (χ1v) is 5.45. The molecule has 0 bridgehead atoms. The molecule has 2 N–H and O–H groups in total. The Morgan fingerprint density at radius 2 is 1.94 bits per heavy atom. The molecule has 1 aliphatic rings. The predicted octanol–water partition coefficient (Wildman–Crippen LogP) is 1.29. The Morgan fingerprint density at radius 1 is 1.38 bits per heavy atom. The van der Waals surface area contributed by atoms with Gasteiger partial charge in [0.05, 0.1) is 5.54 Å². The minimum absolute atomic E-state index is 0.109. The number of carbonyl (C=O) groups excluding carboxylic acids is 1. The van der Waals surface area contributed by atoms with Crippen LogP contribution < -0.4 is 5.32 Å². The van der Waals surface area contributed by atoms with E-state index in [1.807, 2.05) is 20.8 Å². The summed E-state index contributed by atoms with van der Waals surface area (Å²) in [5.74, 6) is -0.109. The highest BCUT2D eigenvalue weighted by atomic mass is 16.4. The molecule has 5 nitrogen and oxygen atoms in total. The second kappa shape index (κ2) is 3.96. The molecular weight excluding hydrogens is 208 g/mol. The molecule has 0 radical (unpaired) electrons. The molecule has 1 atom stereocenters. The second-order valence-corrected chi connectivity index (χ2v) is 5.47. The number of hydrogen-bond donors (Lipinski definition) is 2. The highest BCUT2D eigenvalue weighted by Crippen LogP contribution is 2.38. The van der Waals surface area contributed by atoms with Gasteiger partial charge in [0.2, 0.25) is 5.91 Å². The monoisotopic (exact) mass is 228 g/mol. The number of hydrogen-bond acceptors (Lipinski definition) is 2. The SMILES string of the molecule is CC(=O)N[C@@]1(C(C)(C)C)CCN(C(=O)O)C1. The van der Waals surface area contributed by atoms with Gasteiger partial charge in [0.1, 0.15) is 0 Å². The molecule has 0 unspecified atom stereocenters. The first-order valence-electron chi connectivity index (χ1n) is 5.45. The molecule has 0 aromatic carbocycles. The van der Waals surface area contributed by atoms with Crippen molar-refractivity contribution in [3.8, 4) is 0 Å². The Morgan fingerprint density at radius 3 is 2.25 bits per heavy atom. The number of rotatable bonds is 1. The lowest BCUT2D eigenvalue weighted by Crippen LogP contribution is -2.58. The summed E-state index contributed by atoms with van der Waals surface area (Å²) >= 11 is 0. The standard InChI is InChI=1S/C11H20N2O3/c1-8(14)12-11(10(2,3)4)5-6-13(7-11)9(15)16/h5-7H2,1-4H3,(H,12,14)(H,15,16)/t11-/m0/s1. The van der Waals surface area contributed by atoms with Crippen LogP contribution in [0.4, 0.5) is 4.79 Å². The van der Waals surface area contributed by atoms with Gasteiger partial charge in [-0.25, -0.2) is 4.79 Å². The van der Waals surface area contributed by atoms with Crippen molar-refractivity contribution in [3.63, 3.8) is 0 Å². The summed E-state index contributed by atoms with van der Waals surface area (Å²) in [4.78, 5) is 23.5. The van der Waals surface area contributed by atoms with Crippen LogP contribution in [0.15, 0.2) is 0 Å². The second-order valence-electron chi connectivity index (χ2n) is 5.47. The minimum Gasteiger partial charge on any atom is -0.465 e. The smallest absolute Gasteiger partial charge is 0.407 e. The largest absolute Gasteiger partial charge is 0.465 e. The zero-order valence-electron chi connectivity index (χ0n) is 10.3. The molecule has 0 aromatic rings. The van der Waals surface area contributed by atoms with Crippen LogP contribution in [0.25, 0.3) is 0 Å². The number of amides is 2. The Bertz CT molecular complexity index is 309. The van der Waals surface area contributed by atoms with Crippen molar-refractivity contribution in [1.29, 1.82) is 0 Å². The maximum absolute atomic E-state index is 11.3. The average molecular weight is 228 g/mol. The fourth-order valence-corrected chi connectivity index (χ4v) is 2.21. The highest BCUT2D eigenvalue weighted by molar-refractivity contribution is 5.74. The number of carbonyl (C=O) groups is 2. The van der Waals surface area contributed by atoms with E-state index in [4.69, 9.17) is 5.11 Å². The van der Waals surface area contributed by atoms with Gasteiger partial charge in [-0.2, -0.15) is 0 Å². The third kappa shape index (κ3) is 2.28. The molecule has 0 spiro atoms. The average Bonchev–Trinajstić information content (AvgIpc) is 2.47. The predicted molar refractivity (Wildman–Crippen MR) is 60.2 cm³/mol. The first kappa shape index (κ1) is 12.8. The number of nitrogens with zero attached hydrogens (tertiary/aromatic N) is 1. The van der Waals surface area contributed by atoms with Gasteiger partial charge in [0.15, 0.2) is 0 Å². The molecule has 0 saturated carbocycles. The molecule has 1 saturated heterocycles. The molecule has 1 fully saturated rings. The van der Waals surface area contributed by atoms with Gasteiger partial charge in [0.25, 0.3) is 0 Å². The summed E-state index contributed by atoms with van der Waals surface area (Å²) in [5, 5.41) is 11.9. The fourth-order valence-electron chi connectivity index (χ4n) is 2.21. The topological polar surface area (TPSA) is 69.6 Å². The number of nitrogens with one attached hydrogen (secondary N) is 1. The lowest BCUT2D eigenvalue weighted by Gasteiger charge is -2.42. The normalized spacial score (nSPS) is 25.6. The highest BCUT2D eigenvalue weighted by Gasteiger charge is 2.48. The van der Waals surface area contributed by atoms with E-state index in [1.165, 1.54) is 11.8 Å². The van der Waals surface area contributed by atoms with Crippen LogP contribution in [0.1, 0.15) is 34.1 Å². The molecule has 1 aliphatic heterocycles. The van der Waals surface area contributed by atoms with E-state index < -0.39 is 11.6 Å². The van der Waals surface area contributed by atoms with Crippen molar-refractivity contribution in [1.82, 2.24) is 10.2 Å². The molecule has 0 aromatic heterocycles. The lowest BCUT2D eigenvalue weighted by molar-refractivity contribution is -0.122. The summed E-state index contributed by atoms with van der Waals surface area (Å²) in [6.45, 7) is 8.38. The molecule has 92 valence electrons. The third-order valence-corrected chi connectivity index (χ3v) is 3.39. The van der Waals surface area contributed by atoms with E-state index in [0.717, 1.165) is 0 Å². The summed E-state index contributed by atoms with van der Waals surface area (Å²) in [6.07, 6.45) is -0.251. The molecule has 5 heteroatoms. The van der Waals surface area contributed by atoms with Crippen LogP contribution in [0.2, 0.25) is 0 Å². The summed E-state index contributed by atoms with van der Waals surface area (Å²) in [5.41, 5.74) is -0.611. The van der Waals surface area contributed by atoms with Crippen molar-refractivity contribution >= 4 is 12.0 Å². The van der Waals surface area contributed by atoms with E-state index in [2.05, 4.69) is 5.32 Å². The zero-order valence-corrected chi connectivity index (χ0v) is 10.3. The van der Waals surface area contributed by atoms with Crippen molar-refractivity contribution in [2.75, 3.05) is 13.1 Å². The van der Waals surface area contributed by atoms with E-state index in [-0.39, 0.29) is 11.3 Å². The van der Waals surface area contributed by atoms with Crippen LogP contribution in [0.5, 0.6) is 0 Å². The maximum atomic E-state index is 11.3. The lowest BCUT2D eigenvalue weighted by atomic mass is 9.73. The van der Waals surface area contributed by atoms with E-state index in [1.54, 1.807) is 0 Å². The Balaban J connectivity index is 2.92. The Labute approximate surface area is 95.8 Å². The first-order chi connectivity index (χ1) is 7.18. The molecule has 2 amide bonds. The third-order valence-electron chi connectivity index (χ3n) is 3.39. The summed E-state index contributed by atoms with van der Waals surface area (Å²) < 4.78 is 0. The number of carboxylic acid groups (broad SMARTS) is 1. The zero-order chi connectivity index (χ0) is 12.6. The summed E-state index contributed by atoms with van der Waals surface area (Å²) in [6, 6.07) is 0. The van der Waals surface area contributed by atoms with E-state index >= 15 is 0 Å². The van der Waals surface area contributed by atoms with Gasteiger partial charge in [-0.15, -0.1) is 0 Å². The van der Waals surface area contributed by atoms with Gasteiger partial charge >= 0.3 is 6.09 Å². The van der Waals surface area contributed by atoms with Crippen LogP contribution in [0, 0.1) is 5.41 Å². The van der Waals surface area contributed by atoms with Gasteiger partial charge in [0, 0.05) is 20.0 Å². The van der Waals surface area contributed by atoms with Crippen LogP contribution in [-0.4, -0.2) is 40.6 Å². The van der Waals surface area contributed by atoms with Gasteiger partial charge in [-0.1, -0.05) is 20.8 Å². The molecular formula is C11H20N2O3. The van der Waals surface area contributed by atoms with E-state index in [9.17, 15) is 9.59 Å². The molecule has 0 aliphatic carbocycles. The van der Waals surface area contributed by atoms with E-state index in [0.29, 0.717) is 19.5 Å². The van der Waals surface area contributed by atoms with Crippen molar-refractivity contribution < 1.29 is 14.7 Å². The van der Waals surface area contributed by atoms with Crippen molar-refractivity contribution in [3.05, 3.63) is 0 Å². The van der Waals surface area contributed by atoms with Gasteiger partial charge in [-0.3, -0.25) is 4.79 Å². The van der Waals surface area contributed by atoms with Crippen LogP contribution in [-0.2, 0) is 4.79 Å². The van der Waals surface area contributed by atoms with Gasteiger partial charge in [-0.05, 0) is 11.8 Å². The Hall–Kier alpha value is -1.26. The fraction of sp³-hybridized carbons (Fsp3) is 0.818. The quantitative estimate of drug-likeness (QED) is 0.710. The van der Waals surface area contributed by atoms with Crippen molar-refractivity contribution in [2.24, 2.45) is 5.41 Å². The molecule has 1 rings (SSSR count). The van der Waals surface area contributed by atoms with Crippen LogP contribution in [0.3, 0.4) is 0 Å². The Kier molecular flexibility index (Phi) is 3.17. The van der Waals surface area contributed by atoms with Crippen molar-refractivity contribution in [2.45, 2.75) is 39.7 Å². The number of likely N-dealkylation sites (tertiary alicyclic amines) is 1. The van der Waals surface area contributed by atoms with Gasteiger partial charge < -0.3 is 15.3 Å². The summed E-state index contributed by atoms with van der Waals surface area (Å²) in [7, 11) is 0.